The van der Waals surface area contributed by atoms with E-state index in [4.69, 9.17) is 10.8 Å². The van der Waals surface area contributed by atoms with E-state index in [-0.39, 0.29) is 11.8 Å². The van der Waals surface area contributed by atoms with Crippen molar-refractivity contribution in [3.05, 3.63) is 0 Å². The molecule has 0 aromatic carbocycles. The minimum Gasteiger partial charge on any atom is -0.392 e. The van der Waals surface area contributed by atoms with Crippen LogP contribution in [0.15, 0.2) is 0 Å². The maximum Gasteiger partial charge on any atom is 0.223 e. The van der Waals surface area contributed by atoms with Crippen LogP contribution in [-0.2, 0) is 4.79 Å². The molecule has 1 amide bonds. The van der Waals surface area contributed by atoms with Gasteiger partial charge in [-0.1, -0.05) is 0 Å². The van der Waals surface area contributed by atoms with Crippen molar-refractivity contribution in [3.63, 3.8) is 0 Å². The molecule has 1 aliphatic rings. The Hall–Kier alpha value is -0.570. The van der Waals surface area contributed by atoms with Gasteiger partial charge in [0.2, 0.25) is 5.91 Å². The molecule has 0 aromatic rings. The highest BCUT2D eigenvalue weighted by Crippen LogP contribution is 2.24. The fourth-order valence-corrected chi connectivity index (χ4v) is 1.27. The highest BCUT2D eigenvalue weighted by molar-refractivity contribution is 5.77. The Kier molecular flexibility index (Phi) is 1.71. The van der Waals surface area contributed by atoms with Gasteiger partial charge in [0.15, 0.2) is 0 Å². The number of carbonyl (C=O) groups is 1. The average molecular weight is 129 g/mol. The number of carbonyl (C=O) groups excluding carboxylic acids is 1. The van der Waals surface area contributed by atoms with Crippen LogP contribution < -0.4 is 5.73 Å². The molecule has 1 aliphatic carbocycles. The normalized spacial score (nSPS) is 34.8. The van der Waals surface area contributed by atoms with Crippen molar-refractivity contribution in [2.75, 3.05) is 0 Å². The Morgan fingerprint density at radius 1 is 1.56 bits per heavy atom. The smallest absolute Gasteiger partial charge is 0.223 e. The lowest BCUT2D eigenvalue weighted by atomic mass is 10.1. The first-order chi connectivity index (χ1) is 4.22. The Balaban J connectivity index is 2.49. The summed E-state index contributed by atoms with van der Waals surface area (Å²) in [7, 11) is 0. The number of nitrogens with two attached hydrogens (primary N) is 1. The summed E-state index contributed by atoms with van der Waals surface area (Å²) in [4.78, 5) is 10.5. The number of hydrogen-bond acceptors (Lipinski definition) is 2. The molecule has 3 nitrogen and oxygen atoms in total. The molecule has 1 saturated carbocycles. The van der Waals surface area contributed by atoms with Crippen LogP contribution in [-0.4, -0.2) is 17.1 Å². The van der Waals surface area contributed by atoms with Gasteiger partial charge in [-0.3, -0.25) is 4.79 Å². The third kappa shape index (κ3) is 1.21. The standard InChI is InChI=1S/C6H11NO2/c7-6(9)4-2-1-3-5(4)8/h4-5,8H,1-3H2,(H2,7,9)/t4-,5-/m0/s1. The van der Waals surface area contributed by atoms with Crippen molar-refractivity contribution in [1.82, 2.24) is 0 Å². The summed E-state index contributed by atoms with van der Waals surface area (Å²) in [5.74, 6) is -0.634. The van der Waals surface area contributed by atoms with Crippen LogP contribution in [0.3, 0.4) is 0 Å². The summed E-state index contributed by atoms with van der Waals surface area (Å²) >= 11 is 0. The van der Waals surface area contributed by atoms with E-state index in [9.17, 15) is 4.79 Å². The highest BCUT2D eigenvalue weighted by atomic mass is 16.3. The van der Waals surface area contributed by atoms with Gasteiger partial charge in [0.1, 0.15) is 0 Å². The summed E-state index contributed by atoms with van der Waals surface area (Å²) in [5, 5.41) is 9.06. The first-order valence-corrected chi connectivity index (χ1v) is 3.19. The van der Waals surface area contributed by atoms with Gasteiger partial charge >= 0.3 is 0 Å². The van der Waals surface area contributed by atoms with Gasteiger partial charge < -0.3 is 10.8 Å². The van der Waals surface area contributed by atoms with Gasteiger partial charge in [-0.25, -0.2) is 0 Å². The van der Waals surface area contributed by atoms with Crippen molar-refractivity contribution in [1.29, 1.82) is 0 Å². The van der Waals surface area contributed by atoms with E-state index in [1.54, 1.807) is 0 Å². The van der Waals surface area contributed by atoms with Gasteiger partial charge in [-0.05, 0) is 19.3 Å². The molecule has 52 valence electrons. The van der Waals surface area contributed by atoms with Gasteiger partial charge in [0.25, 0.3) is 0 Å². The summed E-state index contributed by atoms with van der Waals surface area (Å²) in [6, 6.07) is 0. The van der Waals surface area contributed by atoms with Gasteiger partial charge in [-0.2, -0.15) is 0 Å². The van der Waals surface area contributed by atoms with Crippen LogP contribution in [0.25, 0.3) is 0 Å². The third-order valence-electron chi connectivity index (χ3n) is 1.84. The van der Waals surface area contributed by atoms with Gasteiger partial charge in [0.05, 0.1) is 12.0 Å². The lowest BCUT2D eigenvalue weighted by Crippen LogP contribution is -2.28. The van der Waals surface area contributed by atoms with Gasteiger partial charge in [-0.15, -0.1) is 0 Å². The molecule has 1 fully saturated rings. The second-order valence-corrected chi connectivity index (χ2v) is 2.51. The second-order valence-electron chi connectivity index (χ2n) is 2.51. The fraction of sp³-hybridized carbons (Fsp3) is 0.833. The minimum atomic E-state index is -0.470. The number of hydrogen-bond donors (Lipinski definition) is 2. The average Bonchev–Trinajstić information content (AvgIpc) is 2.13. The molecular formula is C6H11NO2. The first kappa shape index (κ1) is 6.55. The highest BCUT2D eigenvalue weighted by Gasteiger charge is 2.29. The molecule has 0 radical (unpaired) electrons. The van der Waals surface area contributed by atoms with Crippen molar-refractivity contribution < 1.29 is 9.90 Å². The largest absolute Gasteiger partial charge is 0.392 e. The van der Waals surface area contributed by atoms with E-state index in [1.165, 1.54) is 0 Å². The van der Waals surface area contributed by atoms with Crippen LogP contribution in [0.5, 0.6) is 0 Å². The van der Waals surface area contributed by atoms with Crippen LogP contribution in [0.1, 0.15) is 19.3 Å². The molecule has 0 spiro atoms. The summed E-state index contributed by atoms with van der Waals surface area (Å²) in [5.41, 5.74) is 4.99. The minimum absolute atomic E-state index is 0.273. The number of rotatable bonds is 1. The lowest BCUT2D eigenvalue weighted by Gasteiger charge is -2.07. The lowest BCUT2D eigenvalue weighted by molar-refractivity contribution is -0.124. The predicted octanol–water partition coefficient (Wildman–Crippen LogP) is -0.367. The van der Waals surface area contributed by atoms with Crippen molar-refractivity contribution in [2.45, 2.75) is 25.4 Å². The number of amides is 1. The molecule has 0 saturated heterocycles. The monoisotopic (exact) mass is 129 g/mol. The van der Waals surface area contributed by atoms with Crippen LogP contribution in [0, 0.1) is 5.92 Å². The molecule has 1 rings (SSSR count). The van der Waals surface area contributed by atoms with Crippen LogP contribution >= 0.6 is 0 Å². The fourth-order valence-electron chi connectivity index (χ4n) is 1.27. The molecule has 0 aliphatic heterocycles. The molecular weight excluding hydrogens is 118 g/mol. The zero-order chi connectivity index (χ0) is 6.85. The van der Waals surface area contributed by atoms with E-state index >= 15 is 0 Å². The second kappa shape index (κ2) is 2.35. The van der Waals surface area contributed by atoms with Gasteiger partial charge in [0, 0.05) is 0 Å². The zero-order valence-electron chi connectivity index (χ0n) is 5.21. The van der Waals surface area contributed by atoms with Crippen molar-refractivity contribution >= 4 is 5.91 Å². The third-order valence-corrected chi connectivity index (χ3v) is 1.84. The molecule has 0 bridgehead atoms. The van der Waals surface area contributed by atoms with Crippen molar-refractivity contribution in [2.24, 2.45) is 11.7 Å². The predicted molar refractivity (Wildman–Crippen MR) is 32.5 cm³/mol. The summed E-state index contributed by atoms with van der Waals surface area (Å²) < 4.78 is 0. The Morgan fingerprint density at radius 2 is 2.22 bits per heavy atom. The van der Waals surface area contributed by atoms with E-state index < -0.39 is 6.10 Å². The van der Waals surface area contributed by atoms with E-state index in [0.717, 1.165) is 19.3 Å². The Bertz CT molecular complexity index is 124. The number of aliphatic hydroxyl groups is 1. The molecule has 2 atom stereocenters. The van der Waals surface area contributed by atoms with Crippen LogP contribution in [0.2, 0.25) is 0 Å². The first-order valence-electron chi connectivity index (χ1n) is 3.19. The molecule has 0 unspecified atom stereocenters. The summed E-state index contributed by atoms with van der Waals surface area (Å²) in [6.45, 7) is 0. The Morgan fingerprint density at radius 3 is 2.44 bits per heavy atom. The molecule has 0 aromatic heterocycles. The number of aliphatic hydroxyl groups excluding tert-OH is 1. The molecule has 3 N–H and O–H groups in total. The Labute approximate surface area is 53.9 Å². The topological polar surface area (TPSA) is 63.3 Å². The van der Waals surface area contributed by atoms with E-state index in [0.29, 0.717) is 0 Å². The van der Waals surface area contributed by atoms with Crippen molar-refractivity contribution in [3.8, 4) is 0 Å². The van der Waals surface area contributed by atoms with E-state index in [2.05, 4.69) is 0 Å². The maximum atomic E-state index is 10.5. The SMILES string of the molecule is NC(=O)[C@H]1CCC[C@@H]1O. The van der Waals surface area contributed by atoms with E-state index in [1.807, 2.05) is 0 Å². The number of primary amides is 1. The van der Waals surface area contributed by atoms with Crippen LogP contribution in [0.4, 0.5) is 0 Å². The quantitative estimate of drug-likeness (QED) is 0.507. The maximum absolute atomic E-state index is 10.5. The summed E-state index contributed by atoms with van der Waals surface area (Å²) in [6.07, 6.45) is 1.95. The molecule has 9 heavy (non-hydrogen) atoms. The molecule has 3 heteroatoms. The molecule has 0 heterocycles. The zero-order valence-corrected chi connectivity index (χ0v) is 5.21.